The molecule has 4 fully saturated rings. The van der Waals surface area contributed by atoms with E-state index in [0.717, 1.165) is 0 Å². The molecule has 3 heterocycles. The van der Waals surface area contributed by atoms with Gasteiger partial charge in [-0.25, -0.2) is 0 Å². The van der Waals surface area contributed by atoms with Gasteiger partial charge in [-0.15, -0.1) is 0 Å². The van der Waals surface area contributed by atoms with E-state index < -0.39 is 98.6 Å². The van der Waals surface area contributed by atoms with Crippen molar-refractivity contribution in [1.82, 2.24) is 0 Å². The Balaban J connectivity index is 1.40. The second-order valence-corrected chi connectivity index (χ2v) is 10.8. The molecule has 0 radical (unpaired) electrons. The highest BCUT2D eigenvalue weighted by atomic mass is 16.7. The Kier molecular flexibility index (Phi) is 10.9. The normalized spacial score (nSPS) is 51.2. The van der Waals surface area contributed by atoms with Crippen LogP contribution in [0.15, 0.2) is 0 Å². The summed E-state index contributed by atoms with van der Waals surface area (Å²) in [5.41, 5.74) is 29.9. The first-order chi connectivity index (χ1) is 18.6. The largest absolute Gasteiger partial charge is 0.394 e. The highest BCUT2D eigenvalue weighted by Gasteiger charge is 2.48. The van der Waals surface area contributed by atoms with E-state index in [-0.39, 0.29) is 32.0 Å². The third-order valence-corrected chi connectivity index (χ3v) is 7.94. The van der Waals surface area contributed by atoms with Crippen molar-refractivity contribution in [3.63, 3.8) is 0 Å². The van der Waals surface area contributed by atoms with Crippen molar-refractivity contribution >= 4 is 0 Å². The van der Waals surface area contributed by atoms with Gasteiger partial charge in [-0.05, 0) is 12.8 Å². The first kappa shape index (κ1) is 31.3. The van der Waals surface area contributed by atoms with E-state index in [1.807, 2.05) is 0 Å². The minimum atomic E-state index is -1.32. The van der Waals surface area contributed by atoms with Crippen molar-refractivity contribution < 1.29 is 54.0 Å². The van der Waals surface area contributed by atoms with Crippen LogP contribution in [0.5, 0.6) is 0 Å². The Hall–Kier alpha value is -0.640. The molecule has 0 aromatic carbocycles. The Morgan fingerprint density at radius 2 is 1.31 bits per heavy atom. The van der Waals surface area contributed by atoms with Crippen LogP contribution >= 0.6 is 0 Å². The summed E-state index contributed by atoms with van der Waals surface area (Å²) in [4.78, 5) is 0. The zero-order chi connectivity index (χ0) is 28.4. The summed E-state index contributed by atoms with van der Waals surface area (Å²) in [5.74, 6) is 0. The molecule has 16 atom stereocenters. The molecule has 0 aromatic rings. The quantitative estimate of drug-likeness (QED) is 0.124. The fourth-order valence-electron chi connectivity index (χ4n) is 5.69. The lowest BCUT2D eigenvalue weighted by Gasteiger charge is -2.43. The van der Waals surface area contributed by atoms with Gasteiger partial charge in [0.1, 0.15) is 42.7 Å². The van der Waals surface area contributed by atoms with Crippen LogP contribution in [0, 0.1) is 0 Å². The van der Waals surface area contributed by atoms with Crippen molar-refractivity contribution in [1.29, 1.82) is 0 Å². The van der Waals surface area contributed by atoms with Crippen molar-refractivity contribution in [3.8, 4) is 0 Å². The van der Waals surface area contributed by atoms with Gasteiger partial charge < -0.3 is 82.6 Å². The molecule has 4 aliphatic rings. The highest BCUT2D eigenvalue weighted by Crippen LogP contribution is 2.33. The Morgan fingerprint density at radius 3 is 1.97 bits per heavy atom. The summed E-state index contributed by atoms with van der Waals surface area (Å²) in [7, 11) is 0. The van der Waals surface area contributed by atoms with Crippen LogP contribution in [0.3, 0.4) is 0 Å². The van der Waals surface area contributed by atoms with Crippen LogP contribution < -0.4 is 28.7 Å². The molecule has 39 heavy (non-hydrogen) atoms. The monoisotopic (exact) mass is 567 g/mol. The van der Waals surface area contributed by atoms with Gasteiger partial charge in [0, 0.05) is 38.0 Å². The second-order valence-electron chi connectivity index (χ2n) is 10.8. The van der Waals surface area contributed by atoms with E-state index in [1.165, 1.54) is 0 Å². The maximum absolute atomic E-state index is 10.3. The number of nitrogens with two attached hydrogens (primary N) is 5. The van der Waals surface area contributed by atoms with Crippen LogP contribution in [0.1, 0.15) is 25.7 Å². The minimum absolute atomic E-state index is 0.00413. The summed E-state index contributed by atoms with van der Waals surface area (Å²) < 4.78 is 35.6. The molecule has 0 aromatic heterocycles. The van der Waals surface area contributed by atoms with Gasteiger partial charge in [0.25, 0.3) is 0 Å². The van der Waals surface area contributed by atoms with Gasteiger partial charge in [0.15, 0.2) is 18.9 Å². The number of hydrogen-bond acceptors (Lipinski definition) is 16. The molecule has 4 rings (SSSR count). The lowest BCUT2D eigenvalue weighted by Crippen LogP contribution is -2.63. The van der Waals surface area contributed by atoms with E-state index in [4.69, 9.17) is 57.1 Å². The first-order valence-electron chi connectivity index (χ1n) is 13.5. The Morgan fingerprint density at radius 1 is 0.667 bits per heavy atom. The van der Waals surface area contributed by atoms with Crippen LogP contribution in [-0.2, 0) is 28.4 Å². The molecule has 0 amide bonds. The van der Waals surface area contributed by atoms with Crippen molar-refractivity contribution in [3.05, 3.63) is 0 Å². The molecule has 15 N–H and O–H groups in total. The van der Waals surface area contributed by atoms with Crippen LogP contribution in [-0.4, -0.2) is 143 Å². The molecule has 16 nitrogen and oxygen atoms in total. The zero-order valence-corrected chi connectivity index (χ0v) is 21.8. The molecule has 228 valence electrons. The topological polar surface area (TPSA) is 287 Å². The molecular formula is C23H45N5O11. The summed E-state index contributed by atoms with van der Waals surface area (Å²) >= 11 is 0. The molecule has 1 aliphatic carbocycles. The SMILES string of the molecule is NC[C@@H]1O[C@H](O[C@H]2C[C@H](O[C@@H]3C[C@H](N)C[C@H](N)[C@H]3O[C@@H]3C[C@@H](O)[C@H](O)[C@@H](CN)O3)O[C@@H]2CO)[C@H](N)[C@@H](O)[C@@H]1O. The van der Waals surface area contributed by atoms with Gasteiger partial charge in [-0.2, -0.15) is 0 Å². The fourth-order valence-corrected chi connectivity index (χ4v) is 5.69. The summed E-state index contributed by atoms with van der Waals surface area (Å²) in [5, 5.41) is 50.6. The van der Waals surface area contributed by atoms with Gasteiger partial charge in [0.05, 0.1) is 31.0 Å². The number of ether oxygens (including phenoxy) is 6. The fraction of sp³-hybridized carbons (Fsp3) is 1.00. The lowest BCUT2D eigenvalue weighted by atomic mass is 9.86. The van der Waals surface area contributed by atoms with E-state index in [1.54, 1.807) is 0 Å². The maximum atomic E-state index is 10.3. The smallest absolute Gasteiger partial charge is 0.176 e. The molecule has 0 unspecified atom stereocenters. The van der Waals surface area contributed by atoms with Gasteiger partial charge in [0.2, 0.25) is 0 Å². The van der Waals surface area contributed by atoms with E-state index in [0.29, 0.717) is 12.8 Å². The molecule has 3 saturated heterocycles. The van der Waals surface area contributed by atoms with E-state index >= 15 is 0 Å². The molecular weight excluding hydrogens is 522 g/mol. The minimum Gasteiger partial charge on any atom is -0.394 e. The zero-order valence-electron chi connectivity index (χ0n) is 21.8. The van der Waals surface area contributed by atoms with Crippen LogP contribution in [0.25, 0.3) is 0 Å². The number of aliphatic hydroxyl groups excluding tert-OH is 5. The molecule has 0 bridgehead atoms. The summed E-state index contributed by atoms with van der Waals surface area (Å²) in [6.45, 7) is -0.453. The third-order valence-electron chi connectivity index (χ3n) is 7.94. The number of hydrogen-bond donors (Lipinski definition) is 10. The molecule has 1 saturated carbocycles. The van der Waals surface area contributed by atoms with Crippen molar-refractivity contribution in [2.24, 2.45) is 28.7 Å². The first-order valence-corrected chi connectivity index (χ1v) is 13.5. The van der Waals surface area contributed by atoms with Gasteiger partial charge in [-0.3, -0.25) is 0 Å². The second kappa shape index (κ2) is 13.6. The number of rotatable bonds is 9. The van der Waals surface area contributed by atoms with Crippen molar-refractivity contribution in [2.45, 2.75) is 124 Å². The predicted molar refractivity (Wildman–Crippen MR) is 132 cm³/mol. The summed E-state index contributed by atoms with van der Waals surface area (Å²) in [6, 6.07) is -1.84. The third kappa shape index (κ3) is 7.06. The maximum Gasteiger partial charge on any atom is 0.176 e. The molecule has 3 aliphatic heterocycles. The van der Waals surface area contributed by atoms with Crippen molar-refractivity contribution in [2.75, 3.05) is 19.7 Å². The van der Waals surface area contributed by atoms with E-state index in [9.17, 15) is 25.5 Å². The average Bonchev–Trinajstić information content (AvgIpc) is 3.29. The highest BCUT2D eigenvalue weighted by molar-refractivity contribution is 4.96. The Labute approximate surface area is 226 Å². The molecule has 16 heteroatoms. The lowest BCUT2D eigenvalue weighted by molar-refractivity contribution is -0.287. The Bertz CT molecular complexity index is 774. The van der Waals surface area contributed by atoms with Crippen LogP contribution in [0.2, 0.25) is 0 Å². The molecule has 0 spiro atoms. The average molecular weight is 568 g/mol. The summed E-state index contributed by atoms with van der Waals surface area (Å²) in [6.07, 6.45) is -11.0. The van der Waals surface area contributed by atoms with E-state index in [2.05, 4.69) is 0 Å². The predicted octanol–water partition coefficient (Wildman–Crippen LogP) is -5.77. The van der Waals surface area contributed by atoms with Crippen LogP contribution in [0.4, 0.5) is 0 Å². The van der Waals surface area contributed by atoms with Gasteiger partial charge >= 0.3 is 0 Å². The van der Waals surface area contributed by atoms with Gasteiger partial charge in [-0.1, -0.05) is 0 Å². The number of aliphatic hydroxyl groups is 5. The standard InChI is InChI=1S/C23H45N5O11/c24-5-13-19(31)10(30)3-16(35-13)39-22-9(27)1-8(26)2-12(22)34-17-4-11(15(7-29)36-17)37-23-18(28)21(33)20(32)14(6-25)38-23/h8-23,29-33H,1-7,24-28H2/t8-,9+,10-,11+,12-,13-,14+,15-,16-,17-,18-,19+,20-,21-,22-,23+/m1/s1.